The molecule has 0 amide bonds. The van der Waals surface area contributed by atoms with E-state index in [1.807, 2.05) is 6.20 Å². The van der Waals surface area contributed by atoms with Crippen LogP contribution in [-0.2, 0) is 0 Å². The highest BCUT2D eigenvalue weighted by atomic mass is 16.5. The summed E-state index contributed by atoms with van der Waals surface area (Å²) in [4.78, 5) is 0. The van der Waals surface area contributed by atoms with Crippen molar-refractivity contribution >= 4 is 0 Å². The van der Waals surface area contributed by atoms with Crippen molar-refractivity contribution in [3.8, 4) is 5.75 Å². The molecule has 4 nitrogen and oxygen atoms in total. The highest BCUT2D eigenvalue weighted by Gasteiger charge is 2.27. The fourth-order valence-electron chi connectivity index (χ4n) is 3.18. The summed E-state index contributed by atoms with van der Waals surface area (Å²) in [5.74, 6) is 1.51. The Morgan fingerprint density at radius 3 is 2.74 bits per heavy atom. The second-order valence-corrected chi connectivity index (χ2v) is 5.84. The number of hydrogen-bond donors (Lipinski definition) is 1. The van der Waals surface area contributed by atoms with Crippen molar-refractivity contribution in [2.45, 2.75) is 64.0 Å². The van der Waals surface area contributed by atoms with Crippen LogP contribution in [-0.4, -0.2) is 30.0 Å². The number of nitrogens with one attached hydrogen (secondary N) is 1. The van der Waals surface area contributed by atoms with E-state index in [2.05, 4.69) is 36.0 Å². The molecule has 1 N–H and O–H groups in total. The van der Waals surface area contributed by atoms with Gasteiger partial charge in [-0.3, -0.25) is 4.68 Å². The maximum absolute atomic E-state index is 5.54. The maximum atomic E-state index is 5.54. The Morgan fingerprint density at radius 1 is 1.37 bits per heavy atom. The Kier molecular flexibility index (Phi) is 4.86. The van der Waals surface area contributed by atoms with Crippen LogP contribution in [0.15, 0.2) is 6.20 Å². The monoisotopic (exact) mass is 265 g/mol. The van der Waals surface area contributed by atoms with Gasteiger partial charge in [-0.25, -0.2) is 0 Å². The minimum absolute atomic E-state index is 0.384. The van der Waals surface area contributed by atoms with Gasteiger partial charge in [-0.1, -0.05) is 12.8 Å². The van der Waals surface area contributed by atoms with Crippen molar-refractivity contribution in [2.75, 3.05) is 14.2 Å². The Hall–Kier alpha value is -1.03. The van der Waals surface area contributed by atoms with Crippen molar-refractivity contribution in [2.24, 2.45) is 0 Å². The number of nitrogens with zero attached hydrogens (tertiary/aromatic N) is 2. The summed E-state index contributed by atoms with van der Waals surface area (Å²) in [6.45, 7) is 4.37. The predicted octanol–water partition coefficient (Wildman–Crippen LogP) is 3.11. The molecule has 2 rings (SSSR count). The Labute approximate surface area is 116 Å². The van der Waals surface area contributed by atoms with Gasteiger partial charge in [-0.15, -0.1) is 0 Å². The van der Waals surface area contributed by atoms with Gasteiger partial charge >= 0.3 is 0 Å². The molecule has 1 aromatic heterocycles. The molecule has 19 heavy (non-hydrogen) atoms. The average molecular weight is 265 g/mol. The number of methoxy groups -OCH3 is 1. The lowest BCUT2D eigenvalue weighted by Gasteiger charge is -2.23. The lowest BCUT2D eigenvalue weighted by Crippen LogP contribution is -2.26. The first-order valence-electron chi connectivity index (χ1n) is 7.46. The molecule has 0 aromatic carbocycles. The molecular weight excluding hydrogens is 238 g/mol. The van der Waals surface area contributed by atoms with Gasteiger partial charge in [0.25, 0.3) is 0 Å². The van der Waals surface area contributed by atoms with Gasteiger partial charge in [0.1, 0.15) is 0 Å². The van der Waals surface area contributed by atoms with Crippen molar-refractivity contribution in [3.63, 3.8) is 0 Å². The molecule has 2 atom stereocenters. The zero-order chi connectivity index (χ0) is 13.8. The van der Waals surface area contributed by atoms with Crippen molar-refractivity contribution in [1.29, 1.82) is 0 Å². The number of ether oxygens (including phenoxy) is 1. The minimum Gasteiger partial charge on any atom is -0.493 e. The van der Waals surface area contributed by atoms with Crippen molar-refractivity contribution in [1.82, 2.24) is 15.1 Å². The standard InChI is InChI=1S/C15H27N3O/c1-11(2)18-15(14(19-4)10-17-18)12-7-5-6-8-13(9-12)16-3/h10-13,16H,5-9H2,1-4H3. The summed E-state index contributed by atoms with van der Waals surface area (Å²) in [6.07, 6.45) is 8.20. The van der Waals surface area contributed by atoms with Crippen LogP contribution in [0, 0.1) is 0 Å². The molecule has 1 heterocycles. The minimum atomic E-state index is 0.384. The summed E-state index contributed by atoms with van der Waals surface area (Å²) in [6, 6.07) is 1.00. The van der Waals surface area contributed by atoms with Gasteiger partial charge in [0.05, 0.1) is 19.0 Å². The molecule has 0 aliphatic heterocycles. The molecule has 1 aliphatic carbocycles. The first kappa shape index (κ1) is 14.4. The first-order valence-corrected chi connectivity index (χ1v) is 7.46. The van der Waals surface area contributed by atoms with Crippen LogP contribution in [0.1, 0.15) is 63.6 Å². The molecule has 0 bridgehead atoms. The maximum Gasteiger partial charge on any atom is 0.160 e. The Morgan fingerprint density at radius 2 is 2.11 bits per heavy atom. The Balaban J connectivity index is 2.30. The van der Waals surface area contributed by atoms with E-state index in [0.717, 1.165) is 5.75 Å². The van der Waals surface area contributed by atoms with E-state index in [-0.39, 0.29) is 0 Å². The van der Waals surface area contributed by atoms with E-state index in [1.54, 1.807) is 7.11 Å². The molecule has 0 radical (unpaired) electrons. The zero-order valence-corrected chi connectivity index (χ0v) is 12.6. The average Bonchev–Trinajstić information content (AvgIpc) is 2.70. The van der Waals surface area contributed by atoms with Crippen LogP contribution in [0.25, 0.3) is 0 Å². The normalized spacial score (nSPS) is 24.5. The van der Waals surface area contributed by atoms with E-state index in [1.165, 1.54) is 37.8 Å². The van der Waals surface area contributed by atoms with E-state index < -0.39 is 0 Å². The molecular formula is C15H27N3O. The second kappa shape index (κ2) is 6.42. The van der Waals surface area contributed by atoms with E-state index >= 15 is 0 Å². The van der Waals surface area contributed by atoms with Crippen LogP contribution in [0.2, 0.25) is 0 Å². The van der Waals surface area contributed by atoms with E-state index in [9.17, 15) is 0 Å². The molecule has 1 aromatic rings. The van der Waals surface area contributed by atoms with Gasteiger partial charge < -0.3 is 10.1 Å². The van der Waals surface area contributed by atoms with Crippen LogP contribution in [0.4, 0.5) is 0 Å². The topological polar surface area (TPSA) is 39.1 Å². The number of aromatic nitrogens is 2. The zero-order valence-electron chi connectivity index (χ0n) is 12.6. The second-order valence-electron chi connectivity index (χ2n) is 5.84. The van der Waals surface area contributed by atoms with Crippen LogP contribution in [0.5, 0.6) is 5.75 Å². The molecule has 1 fully saturated rings. The smallest absolute Gasteiger partial charge is 0.160 e. The fourth-order valence-corrected chi connectivity index (χ4v) is 3.18. The molecule has 1 aliphatic rings. The lowest BCUT2D eigenvalue weighted by molar-refractivity contribution is 0.381. The summed E-state index contributed by atoms with van der Waals surface area (Å²) >= 11 is 0. The third-order valence-electron chi connectivity index (χ3n) is 4.23. The quantitative estimate of drug-likeness (QED) is 0.850. The highest BCUT2D eigenvalue weighted by molar-refractivity contribution is 5.29. The predicted molar refractivity (Wildman–Crippen MR) is 77.8 cm³/mol. The molecule has 1 saturated carbocycles. The van der Waals surface area contributed by atoms with Crippen LogP contribution < -0.4 is 10.1 Å². The lowest BCUT2D eigenvalue weighted by atomic mass is 9.93. The van der Waals surface area contributed by atoms with Gasteiger partial charge in [0.15, 0.2) is 5.75 Å². The molecule has 4 heteroatoms. The number of hydrogen-bond acceptors (Lipinski definition) is 3. The third kappa shape index (κ3) is 3.11. The summed E-state index contributed by atoms with van der Waals surface area (Å²) in [7, 11) is 3.82. The summed E-state index contributed by atoms with van der Waals surface area (Å²) in [5.41, 5.74) is 1.29. The van der Waals surface area contributed by atoms with E-state index in [0.29, 0.717) is 18.0 Å². The molecule has 0 spiro atoms. The van der Waals surface area contributed by atoms with Gasteiger partial charge in [-0.2, -0.15) is 5.10 Å². The fraction of sp³-hybridized carbons (Fsp3) is 0.800. The van der Waals surface area contributed by atoms with Gasteiger partial charge in [0, 0.05) is 18.0 Å². The van der Waals surface area contributed by atoms with Crippen molar-refractivity contribution < 1.29 is 4.74 Å². The Bertz CT molecular complexity index is 400. The first-order chi connectivity index (χ1) is 9.17. The number of rotatable bonds is 4. The summed E-state index contributed by atoms with van der Waals surface area (Å²) < 4.78 is 7.68. The van der Waals surface area contributed by atoms with Crippen molar-refractivity contribution in [3.05, 3.63) is 11.9 Å². The van der Waals surface area contributed by atoms with Gasteiger partial charge in [0.2, 0.25) is 0 Å². The SMILES string of the molecule is CNC1CCCCC(c2c(OC)cnn2C(C)C)C1. The highest BCUT2D eigenvalue weighted by Crippen LogP contribution is 2.37. The van der Waals surface area contributed by atoms with Crippen LogP contribution in [0.3, 0.4) is 0 Å². The molecule has 2 unspecified atom stereocenters. The largest absolute Gasteiger partial charge is 0.493 e. The molecule has 0 saturated heterocycles. The van der Waals surface area contributed by atoms with E-state index in [4.69, 9.17) is 4.74 Å². The van der Waals surface area contributed by atoms with Crippen LogP contribution >= 0.6 is 0 Å². The van der Waals surface area contributed by atoms with Gasteiger partial charge in [-0.05, 0) is 40.2 Å². The molecule has 108 valence electrons. The summed E-state index contributed by atoms with van der Waals surface area (Å²) in [5, 5.41) is 7.97. The third-order valence-corrected chi connectivity index (χ3v) is 4.23.